The Labute approximate surface area is 112 Å². The molecule has 0 radical (unpaired) electrons. The second-order valence-electron chi connectivity index (χ2n) is 6.47. The molecule has 0 bridgehead atoms. The first-order chi connectivity index (χ1) is 8.61. The molecule has 102 valence electrons. The number of rotatable bonds is 5. The quantitative estimate of drug-likeness (QED) is 0.812. The normalized spacial score (nSPS) is 25.9. The molecule has 0 aromatic carbocycles. The van der Waals surface area contributed by atoms with Gasteiger partial charge in [0.1, 0.15) is 5.54 Å². The van der Waals surface area contributed by atoms with Crippen LogP contribution in [-0.2, 0) is 0 Å². The van der Waals surface area contributed by atoms with E-state index in [2.05, 4.69) is 30.1 Å². The average Bonchev–Trinajstić information content (AvgIpc) is 3.21. The Morgan fingerprint density at radius 3 is 2.28 bits per heavy atom. The van der Waals surface area contributed by atoms with Gasteiger partial charge in [0.05, 0.1) is 6.07 Å². The first kappa shape index (κ1) is 13.8. The molecule has 1 aliphatic heterocycles. The van der Waals surface area contributed by atoms with Crippen molar-refractivity contribution < 1.29 is 0 Å². The van der Waals surface area contributed by atoms with Gasteiger partial charge >= 0.3 is 0 Å². The molecule has 1 atom stereocenters. The highest BCUT2D eigenvalue weighted by atomic mass is 15.2. The van der Waals surface area contributed by atoms with E-state index in [-0.39, 0.29) is 5.54 Å². The summed E-state index contributed by atoms with van der Waals surface area (Å²) in [7, 11) is 1.95. The predicted octanol–water partition coefficient (Wildman–Crippen LogP) is 2.25. The van der Waals surface area contributed by atoms with Gasteiger partial charge in [0.15, 0.2) is 0 Å². The first-order valence-electron chi connectivity index (χ1n) is 7.44. The Bertz CT molecular complexity index is 308. The molecule has 2 fully saturated rings. The van der Waals surface area contributed by atoms with Crippen molar-refractivity contribution in [2.24, 2.45) is 17.8 Å². The number of hydrogen-bond donors (Lipinski definition) is 1. The van der Waals surface area contributed by atoms with Gasteiger partial charge in [-0.2, -0.15) is 5.26 Å². The van der Waals surface area contributed by atoms with Crippen molar-refractivity contribution in [3.05, 3.63) is 0 Å². The lowest BCUT2D eigenvalue weighted by Gasteiger charge is -2.38. The molecule has 3 heteroatoms. The van der Waals surface area contributed by atoms with Crippen LogP contribution in [0.2, 0.25) is 0 Å². The van der Waals surface area contributed by atoms with Crippen molar-refractivity contribution >= 4 is 0 Å². The van der Waals surface area contributed by atoms with Gasteiger partial charge in [-0.1, -0.05) is 13.8 Å². The molecule has 1 saturated heterocycles. The number of nitriles is 1. The fourth-order valence-electron chi connectivity index (χ4n) is 3.30. The van der Waals surface area contributed by atoms with Crippen LogP contribution in [0, 0.1) is 29.1 Å². The molecule has 2 rings (SSSR count). The number of nitrogens with one attached hydrogen (secondary N) is 1. The van der Waals surface area contributed by atoms with E-state index in [0.717, 1.165) is 18.4 Å². The Morgan fingerprint density at radius 1 is 1.28 bits per heavy atom. The summed E-state index contributed by atoms with van der Waals surface area (Å²) in [5, 5.41) is 12.8. The topological polar surface area (TPSA) is 39.1 Å². The van der Waals surface area contributed by atoms with Crippen LogP contribution in [0.25, 0.3) is 0 Å². The fourth-order valence-corrected chi connectivity index (χ4v) is 3.30. The van der Waals surface area contributed by atoms with Gasteiger partial charge in [-0.05, 0) is 63.6 Å². The molecular formula is C15H27N3. The van der Waals surface area contributed by atoms with Crippen LogP contribution in [-0.4, -0.2) is 37.1 Å². The summed E-state index contributed by atoms with van der Waals surface area (Å²) >= 11 is 0. The van der Waals surface area contributed by atoms with Crippen LogP contribution in [0.4, 0.5) is 0 Å². The summed E-state index contributed by atoms with van der Waals surface area (Å²) < 4.78 is 0. The second-order valence-corrected chi connectivity index (χ2v) is 6.47. The third-order valence-electron chi connectivity index (χ3n) is 4.97. The third kappa shape index (κ3) is 2.87. The van der Waals surface area contributed by atoms with Crippen molar-refractivity contribution in [1.82, 2.24) is 10.2 Å². The minimum absolute atomic E-state index is 0.287. The van der Waals surface area contributed by atoms with E-state index >= 15 is 0 Å². The summed E-state index contributed by atoms with van der Waals surface area (Å²) in [6.07, 6.45) is 5.04. The van der Waals surface area contributed by atoms with Crippen LogP contribution < -0.4 is 5.32 Å². The minimum Gasteiger partial charge on any atom is -0.301 e. The average molecular weight is 249 g/mol. The maximum atomic E-state index is 9.52. The molecule has 0 amide bonds. The van der Waals surface area contributed by atoms with Crippen molar-refractivity contribution in [2.75, 3.05) is 26.7 Å². The zero-order valence-electron chi connectivity index (χ0n) is 12.1. The maximum absolute atomic E-state index is 9.52. The van der Waals surface area contributed by atoms with Gasteiger partial charge in [-0.15, -0.1) is 0 Å². The Hall–Kier alpha value is -0.590. The third-order valence-corrected chi connectivity index (χ3v) is 4.97. The molecule has 0 aromatic rings. The smallest absolute Gasteiger partial charge is 0.122 e. The fraction of sp³-hybridized carbons (Fsp3) is 0.933. The highest BCUT2D eigenvalue weighted by molar-refractivity contribution is 5.16. The molecule has 1 heterocycles. The van der Waals surface area contributed by atoms with Crippen LogP contribution >= 0.6 is 0 Å². The number of piperidine rings is 1. The van der Waals surface area contributed by atoms with E-state index in [9.17, 15) is 5.26 Å². The molecule has 1 unspecified atom stereocenters. The van der Waals surface area contributed by atoms with Crippen LogP contribution in [0.3, 0.4) is 0 Å². The highest BCUT2D eigenvalue weighted by Crippen LogP contribution is 2.40. The van der Waals surface area contributed by atoms with E-state index < -0.39 is 0 Å². The Kier molecular flexibility index (Phi) is 4.29. The largest absolute Gasteiger partial charge is 0.301 e. The number of likely N-dealkylation sites (tertiary alicyclic amines) is 1. The van der Waals surface area contributed by atoms with Crippen LogP contribution in [0.1, 0.15) is 39.5 Å². The van der Waals surface area contributed by atoms with Crippen molar-refractivity contribution in [3.8, 4) is 6.07 Å². The summed E-state index contributed by atoms with van der Waals surface area (Å²) in [6.45, 7) is 7.91. The van der Waals surface area contributed by atoms with E-state index in [4.69, 9.17) is 0 Å². The van der Waals surface area contributed by atoms with Gasteiger partial charge in [-0.3, -0.25) is 0 Å². The molecule has 3 nitrogen and oxygen atoms in total. The van der Waals surface area contributed by atoms with Gasteiger partial charge in [0.2, 0.25) is 0 Å². The van der Waals surface area contributed by atoms with E-state index in [1.807, 2.05) is 7.05 Å². The standard InChI is InChI=1S/C15H27N3/c1-12(2)13-6-8-18(9-7-13)11-15(10-16,17-3)14-4-5-14/h12-14,17H,4-9,11H2,1-3H3. The lowest BCUT2D eigenvalue weighted by Crippen LogP contribution is -2.54. The van der Waals surface area contributed by atoms with Crippen LogP contribution in [0.5, 0.6) is 0 Å². The Morgan fingerprint density at radius 2 is 1.89 bits per heavy atom. The van der Waals surface area contributed by atoms with E-state index in [0.29, 0.717) is 5.92 Å². The summed E-state index contributed by atoms with van der Waals surface area (Å²) in [4.78, 5) is 2.50. The number of likely N-dealkylation sites (N-methyl/N-ethyl adjacent to an activating group) is 1. The van der Waals surface area contributed by atoms with Gasteiger partial charge in [0, 0.05) is 6.54 Å². The molecule has 0 spiro atoms. The molecule has 1 saturated carbocycles. The lowest BCUT2D eigenvalue weighted by atomic mass is 9.85. The zero-order valence-corrected chi connectivity index (χ0v) is 12.1. The predicted molar refractivity (Wildman–Crippen MR) is 74.1 cm³/mol. The minimum atomic E-state index is -0.287. The molecule has 18 heavy (non-hydrogen) atoms. The summed E-state index contributed by atoms with van der Waals surface area (Å²) in [6, 6.07) is 2.56. The molecule has 2 aliphatic rings. The Balaban J connectivity index is 1.88. The van der Waals surface area contributed by atoms with Gasteiger partial charge in [-0.25, -0.2) is 0 Å². The zero-order chi connectivity index (χ0) is 13.2. The van der Waals surface area contributed by atoms with E-state index in [1.54, 1.807) is 0 Å². The van der Waals surface area contributed by atoms with Crippen molar-refractivity contribution in [1.29, 1.82) is 5.26 Å². The monoisotopic (exact) mass is 249 g/mol. The second kappa shape index (κ2) is 5.59. The lowest BCUT2D eigenvalue weighted by molar-refractivity contribution is 0.128. The van der Waals surface area contributed by atoms with Gasteiger partial charge < -0.3 is 10.2 Å². The van der Waals surface area contributed by atoms with Crippen LogP contribution in [0.15, 0.2) is 0 Å². The molecule has 1 N–H and O–H groups in total. The number of hydrogen-bond acceptors (Lipinski definition) is 3. The maximum Gasteiger partial charge on any atom is 0.122 e. The highest BCUT2D eigenvalue weighted by Gasteiger charge is 2.46. The molecular weight excluding hydrogens is 222 g/mol. The number of nitrogens with zero attached hydrogens (tertiary/aromatic N) is 2. The summed E-state index contributed by atoms with van der Waals surface area (Å²) in [5.41, 5.74) is -0.287. The SMILES string of the molecule is CNC(C#N)(CN1CCC(C(C)C)CC1)C1CC1. The molecule has 1 aliphatic carbocycles. The van der Waals surface area contributed by atoms with Crippen molar-refractivity contribution in [3.63, 3.8) is 0 Å². The first-order valence-corrected chi connectivity index (χ1v) is 7.44. The van der Waals surface area contributed by atoms with Gasteiger partial charge in [0.25, 0.3) is 0 Å². The van der Waals surface area contributed by atoms with Crippen molar-refractivity contribution in [2.45, 2.75) is 45.1 Å². The summed E-state index contributed by atoms with van der Waals surface area (Å²) in [5.74, 6) is 2.27. The van der Waals surface area contributed by atoms with E-state index in [1.165, 1.54) is 38.8 Å². The molecule has 0 aromatic heterocycles.